The van der Waals surface area contributed by atoms with E-state index >= 15 is 0 Å². The minimum Gasteiger partial charge on any atom is -0.378 e. The Balaban J connectivity index is 1.35. The van der Waals surface area contributed by atoms with Crippen molar-refractivity contribution in [1.29, 1.82) is 0 Å². The van der Waals surface area contributed by atoms with E-state index in [-0.39, 0.29) is 0 Å². The second-order valence-corrected chi connectivity index (χ2v) is 9.22. The summed E-state index contributed by atoms with van der Waals surface area (Å²) in [6.45, 7) is 7.73. The Kier molecular flexibility index (Phi) is 5.73. The summed E-state index contributed by atoms with van der Waals surface area (Å²) in [4.78, 5) is 12.2. The maximum atomic E-state index is 5.52. The van der Waals surface area contributed by atoms with Crippen LogP contribution in [-0.4, -0.2) is 59.1 Å². The van der Waals surface area contributed by atoms with Crippen LogP contribution in [0, 0.1) is 6.92 Å². The molecule has 2 aromatic carbocycles. The van der Waals surface area contributed by atoms with Crippen LogP contribution in [0.2, 0.25) is 0 Å². The van der Waals surface area contributed by atoms with Gasteiger partial charge in [0.15, 0.2) is 0 Å². The minimum atomic E-state index is 0.451. The van der Waals surface area contributed by atoms with E-state index in [9.17, 15) is 0 Å². The number of nitrogens with zero attached hydrogens (tertiary/aromatic N) is 5. The van der Waals surface area contributed by atoms with Crippen LogP contribution in [0.25, 0.3) is 33.4 Å². The summed E-state index contributed by atoms with van der Waals surface area (Å²) in [5, 5.41) is 8.07. The predicted octanol–water partition coefficient (Wildman–Crippen LogP) is 4.23. The van der Waals surface area contributed by atoms with Gasteiger partial charge in [0.1, 0.15) is 0 Å². The summed E-state index contributed by atoms with van der Waals surface area (Å²) >= 11 is 0. The largest absolute Gasteiger partial charge is 0.378 e. The lowest BCUT2D eigenvalue weighted by Crippen LogP contribution is -2.36. The molecule has 7 nitrogen and oxygen atoms in total. The van der Waals surface area contributed by atoms with Crippen molar-refractivity contribution in [3.8, 4) is 22.4 Å². The molecule has 34 heavy (non-hydrogen) atoms. The highest BCUT2D eigenvalue weighted by Crippen LogP contribution is 2.32. The van der Waals surface area contributed by atoms with Crippen molar-refractivity contribution >= 4 is 16.7 Å². The summed E-state index contributed by atoms with van der Waals surface area (Å²) in [7, 11) is 0. The summed E-state index contributed by atoms with van der Waals surface area (Å²) in [6.07, 6.45) is 8.11. The molecule has 0 atom stereocenters. The quantitative estimate of drug-likeness (QED) is 0.498. The number of rotatable bonds is 4. The molecule has 2 fully saturated rings. The van der Waals surface area contributed by atoms with Crippen LogP contribution in [0.1, 0.15) is 24.4 Å². The van der Waals surface area contributed by atoms with E-state index in [0.29, 0.717) is 6.04 Å². The average molecular weight is 455 g/mol. The monoisotopic (exact) mass is 454 g/mol. The van der Waals surface area contributed by atoms with Gasteiger partial charge in [0.25, 0.3) is 0 Å². The summed E-state index contributed by atoms with van der Waals surface area (Å²) in [5.74, 6) is 0. The number of morpholine rings is 1. The van der Waals surface area contributed by atoms with Crippen LogP contribution >= 0.6 is 0 Å². The van der Waals surface area contributed by atoms with E-state index in [2.05, 4.69) is 63.4 Å². The SMILES string of the molecule is Cc1cc(-c2cccc3ncc(-c4cnn(C5CCNCC5)c4)nc23)ccc1N1CCOCC1. The molecule has 1 N–H and O–H groups in total. The molecule has 0 bridgehead atoms. The fourth-order valence-electron chi connectivity index (χ4n) is 5.13. The Labute approximate surface area is 199 Å². The molecule has 0 saturated carbocycles. The molecule has 174 valence electrons. The molecule has 0 radical (unpaired) electrons. The number of hydrogen-bond donors (Lipinski definition) is 1. The van der Waals surface area contributed by atoms with Crippen LogP contribution in [0.15, 0.2) is 55.0 Å². The fourth-order valence-corrected chi connectivity index (χ4v) is 5.13. The normalized spacial score (nSPS) is 17.4. The second kappa shape index (κ2) is 9.16. The van der Waals surface area contributed by atoms with Crippen molar-refractivity contribution in [3.05, 3.63) is 60.6 Å². The number of aromatic nitrogens is 4. The van der Waals surface area contributed by atoms with E-state index < -0.39 is 0 Å². The van der Waals surface area contributed by atoms with Crippen LogP contribution in [0.5, 0.6) is 0 Å². The lowest BCUT2D eigenvalue weighted by molar-refractivity contribution is 0.122. The van der Waals surface area contributed by atoms with Crippen molar-refractivity contribution in [3.63, 3.8) is 0 Å². The van der Waals surface area contributed by atoms with E-state index in [1.165, 1.54) is 11.3 Å². The lowest BCUT2D eigenvalue weighted by atomic mass is 10.00. The molecular formula is C27H30N6O. The number of benzene rings is 2. The van der Waals surface area contributed by atoms with Gasteiger partial charge >= 0.3 is 0 Å². The van der Waals surface area contributed by atoms with Gasteiger partial charge in [-0.05, 0) is 62.2 Å². The van der Waals surface area contributed by atoms with Gasteiger partial charge in [-0.1, -0.05) is 18.2 Å². The molecule has 2 aromatic heterocycles. The average Bonchev–Trinajstić information content (AvgIpc) is 3.39. The van der Waals surface area contributed by atoms with Crippen molar-refractivity contribution in [2.75, 3.05) is 44.3 Å². The standard InChI is InChI=1S/C27H30N6O/c1-19-15-20(5-6-26(19)32-11-13-34-14-12-32)23-3-2-4-24-27(23)31-25(17-29-24)21-16-30-33(18-21)22-7-9-28-10-8-22/h2-6,15-18,22,28H,7-14H2,1H3. The third-order valence-electron chi connectivity index (χ3n) is 7.01. The molecule has 0 amide bonds. The summed E-state index contributed by atoms with van der Waals surface area (Å²) in [5.41, 5.74) is 8.53. The topological polar surface area (TPSA) is 68.1 Å². The number of fused-ring (bicyclic) bond motifs is 1. The molecule has 6 rings (SSSR count). The van der Waals surface area contributed by atoms with Gasteiger partial charge in [-0.2, -0.15) is 5.10 Å². The van der Waals surface area contributed by atoms with E-state index in [0.717, 1.165) is 85.7 Å². The maximum absolute atomic E-state index is 5.52. The number of anilines is 1. The zero-order valence-corrected chi connectivity index (χ0v) is 19.6. The molecule has 4 heterocycles. The summed E-state index contributed by atoms with van der Waals surface area (Å²) < 4.78 is 7.62. The fraction of sp³-hybridized carbons (Fsp3) is 0.370. The smallest absolute Gasteiger partial charge is 0.0972 e. The number of piperidine rings is 1. The Morgan fingerprint density at radius 1 is 1.00 bits per heavy atom. The van der Waals surface area contributed by atoms with E-state index in [1.54, 1.807) is 0 Å². The number of hydrogen-bond acceptors (Lipinski definition) is 6. The predicted molar refractivity (Wildman–Crippen MR) is 135 cm³/mol. The van der Waals surface area contributed by atoms with Crippen LogP contribution in [-0.2, 0) is 4.74 Å². The maximum Gasteiger partial charge on any atom is 0.0972 e. The molecule has 2 saturated heterocycles. The summed E-state index contributed by atoms with van der Waals surface area (Å²) in [6, 6.07) is 13.4. The Bertz CT molecular complexity index is 1300. The van der Waals surface area contributed by atoms with Gasteiger partial charge in [-0.3, -0.25) is 9.67 Å². The highest BCUT2D eigenvalue weighted by molar-refractivity contribution is 5.93. The van der Waals surface area contributed by atoms with E-state index in [1.807, 2.05) is 18.5 Å². The Hall–Kier alpha value is -3.29. The zero-order chi connectivity index (χ0) is 22.9. The highest BCUT2D eigenvalue weighted by Gasteiger charge is 2.18. The van der Waals surface area contributed by atoms with Crippen molar-refractivity contribution in [1.82, 2.24) is 25.1 Å². The van der Waals surface area contributed by atoms with Gasteiger partial charge < -0.3 is 15.0 Å². The third-order valence-corrected chi connectivity index (χ3v) is 7.01. The van der Waals surface area contributed by atoms with Crippen molar-refractivity contribution < 1.29 is 4.74 Å². The first-order valence-corrected chi connectivity index (χ1v) is 12.2. The molecule has 4 aromatic rings. The van der Waals surface area contributed by atoms with Crippen LogP contribution in [0.4, 0.5) is 5.69 Å². The highest BCUT2D eigenvalue weighted by atomic mass is 16.5. The van der Waals surface area contributed by atoms with Crippen LogP contribution in [0.3, 0.4) is 0 Å². The van der Waals surface area contributed by atoms with Gasteiger partial charge in [0.2, 0.25) is 0 Å². The molecule has 0 unspecified atom stereocenters. The second-order valence-electron chi connectivity index (χ2n) is 9.22. The Morgan fingerprint density at radius 2 is 1.85 bits per heavy atom. The molecule has 7 heteroatoms. The first-order chi connectivity index (χ1) is 16.8. The van der Waals surface area contributed by atoms with Crippen molar-refractivity contribution in [2.45, 2.75) is 25.8 Å². The van der Waals surface area contributed by atoms with Gasteiger partial charge in [0, 0.05) is 36.1 Å². The number of nitrogens with one attached hydrogen (secondary N) is 1. The molecular weight excluding hydrogens is 424 g/mol. The third kappa shape index (κ3) is 4.06. The molecule has 2 aliphatic rings. The Morgan fingerprint density at radius 3 is 2.68 bits per heavy atom. The lowest BCUT2D eigenvalue weighted by Gasteiger charge is -2.30. The molecule has 2 aliphatic heterocycles. The van der Waals surface area contributed by atoms with Crippen molar-refractivity contribution in [2.24, 2.45) is 0 Å². The van der Waals surface area contributed by atoms with Gasteiger partial charge in [-0.15, -0.1) is 0 Å². The van der Waals surface area contributed by atoms with Gasteiger partial charge in [0.05, 0.1) is 48.4 Å². The number of aryl methyl sites for hydroxylation is 1. The van der Waals surface area contributed by atoms with E-state index in [4.69, 9.17) is 14.7 Å². The van der Waals surface area contributed by atoms with Crippen LogP contribution < -0.4 is 10.2 Å². The molecule has 0 spiro atoms. The van der Waals surface area contributed by atoms with Gasteiger partial charge in [-0.25, -0.2) is 4.98 Å². The zero-order valence-electron chi connectivity index (χ0n) is 19.6. The number of para-hydroxylation sites is 1. The number of ether oxygens (including phenoxy) is 1. The first-order valence-electron chi connectivity index (χ1n) is 12.2. The minimum absolute atomic E-state index is 0.451. The molecule has 0 aliphatic carbocycles. The first kappa shape index (κ1) is 21.3.